The molecule has 1 atom stereocenters. The van der Waals surface area contributed by atoms with Crippen LogP contribution in [0.4, 0.5) is 13.2 Å². The van der Waals surface area contributed by atoms with E-state index in [0.29, 0.717) is 6.54 Å². The molecule has 0 bridgehead atoms. The maximum atomic E-state index is 11.9. The van der Waals surface area contributed by atoms with Crippen LogP contribution in [0.25, 0.3) is 0 Å². The molecule has 0 saturated carbocycles. The van der Waals surface area contributed by atoms with E-state index < -0.39 is 18.1 Å². The van der Waals surface area contributed by atoms with Gasteiger partial charge in [0.25, 0.3) is 0 Å². The second-order valence-electron chi connectivity index (χ2n) is 3.58. The first-order valence-electron chi connectivity index (χ1n) is 4.67. The van der Waals surface area contributed by atoms with Crippen LogP contribution in [0.3, 0.4) is 0 Å². The highest BCUT2D eigenvalue weighted by Gasteiger charge is 2.29. The molecule has 86 valence electrons. The highest BCUT2D eigenvalue weighted by Crippen LogP contribution is 2.24. The first-order chi connectivity index (χ1) is 6.83. The van der Waals surface area contributed by atoms with Gasteiger partial charge in [-0.2, -0.15) is 18.4 Å². The summed E-state index contributed by atoms with van der Waals surface area (Å²) in [5.74, 6) is 0. The van der Waals surface area contributed by atoms with Crippen LogP contribution in [0.5, 0.6) is 0 Å². The van der Waals surface area contributed by atoms with E-state index >= 15 is 0 Å². The fraction of sp³-hybridized carbons (Fsp3) is 0.700. The second-order valence-corrected chi connectivity index (χ2v) is 3.58. The van der Waals surface area contributed by atoms with Gasteiger partial charge in [0.05, 0.1) is 6.07 Å². The van der Waals surface area contributed by atoms with Crippen LogP contribution in [0.15, 0.2) is 12.7 Å². The number of nitriles is 1. The summed E-state index contributed by atoms with van der Waals surface area (Å²) in [5, 5.41) is 11.6. The molecular weight excluding hydrogens is 205 g/mol. The molecule has 0 amide bonds. The van der Waals surface area contributed by atoms with E-state index in [0.717, 1.165) is 0 Å². The van der Waals surface area contributed by atoms with Crippen molar-refractivity contribution in [3.8, 4) is 6.07 Å². The molecule has 0 aromatic rings. The van der Waals surface area contributed by atoms with E-state index in [9.17, 15) is 13.2 Å². The van der Waals surface area contributed by atoms with Crippen molar-refractivity contribution in [3.63, 3.8) is 0 Å². The van der Waals surface area contributed by atoms with Gasteiger partial charge in [0, 0.05) is 13.0 Å². The Morgan fingerprint density at radius 1 is 1.40 bits per heavy atom. The van der Waals surface area contributed by atoms with Crippen LogP contribution in [-0.4, -0.2) is 18.3 Å². The summed E-state index contributed by atoms with van der Waals surface area (Å²) in [6.45, 7) is 5.47. The summed E-state index contributed by atoms with van der Waals surface area (Å²) >= 11 is 0. The third kappa shape index (κ3) is 6.97. The SMILES string of the molecule is C=CCNC(C)(C#N)CCCC(F)(F)F. The summed E-state index contributed by atoms with van der Waals surface area (Å²) in [5.41, 5.74) is -0.903. The maximum absolute atomic E-state index is 11.9. The van der Waals surface area contributed by atoms with Crippen molar-refractivity contribution >= 4 is 0 Å². The molecule has 0 aliphatic heterocycles. The minimum atomic E-state index is -4.14. The standard InChI is InChI=1S/C10H15F3N2/c1-3-7-15-9(2,8-14)5-4-6-10(11,12)13/h3,15H,1,4-7H2,2H3. The van der Waals surface area contributed by atoms with Crippen LogP contribution in [0, 0.1) is 11.3 Å². The van der Waals surface area contributed by atoms with Gasteiger partial charge in [-0.15, -0.1) is 6.58 Å². The number of rotatable bonds is 6. The van der Waals surface area contributed by atoms with Crippen LogP contribution >= 0.6 is 0 Å². The molecule has 0 heterocycles. The van der Waals surface area contributed by atoms with Gasteiger partial charge in [-0.05, 0) is 19.8 Å². The van der Waals surface area contributed by atoms with E-state index in [1.165, 1.54) is 0 Å². The van der Waals surface area contributed by atoms with Crippen molar-refractivity contribution in [2.24, 2.45) is 0 Å². The Balaban J connectivity index is 4.00. The second kappa shape index (κ2) is 5.76. The number of hydrogen-bond acceptors (Lipinski definition) is 2. The molecule has 1 N–H and O–H groups in total. The van der Waals surface area contributed by atoms with E-state index in [1.807, 2.05) is 6.07 Å². The van der Waals surface area contributed by atoms with Crippen molar-refractivity contribution in [2.75, 3.05) is 6.54 Å². The molecule has 5 heteroatoms. The summed E-state index contributed by atoms with van der Waals surface area (Å²) in [6, 6.07) is 1.97. The molecule has 0 aliphatic rings. The van der Waals surface area contributed by atoms with Crippen LogP contribution in [-0.2, 0) is 0 Å². The van der Waals surface area contributed by atoms with E-state index in [-0.39, 0.29) is 12.8 Å². The Morgan fingerprint density at radius 2 is 2.00 bits per heavy atom. The topological polar surface area (TPSA) is 35.8 Å². The van der Waals surface area contributed by atoms with Gasteiger partial charge < -0.3 is 0 Å². The average Bonchev–Trinajstić information content (AvgIpc) is 2.13. The Bertz CT molecular complexity index is 242. The predicted molar refractivity (Wildman–Crippen MR) is 52.1 cm³/mol. The molecule has 0 radical (unpaired) electrons. The molecule has 0 saturated heterocycles. The Morgan fingerprint density at radius 3 is 2.40 bits per heavy atom. The highest BCUT2D eigenvalue weighted by atomic mass is 19.4. The molecule has 15 heavy (non-hydrogen) atoms. The Kier molecular flexibility index (Phi) is 5.37. The molecule has 2 nitrogen and oxygen atoms in total. The number of halogens is 3. The van der Waals surface area contributed by atoms with Crippen LogP contribution < -0.4 is 5.32 Å². The lowest BCUT2D eigenvalue weighted by molar-refractivity contribution is -0.136. The van der Waals surface area contributed by atoms with Crippen molar-refractivity contribution in [2.45, 2.75) is 37.9 Å². The van der Waals surface area contributed by atoms with Crippen molar-refractivity contribution in [3.05, 3.63) is 12.7 Å². The first-order valence-corrected chi connectivity index (χ1v) is 4.67. The first kappa shape index (κ1) is 14.0. The molecule has 0 aromatic carbocycles. The molecule has 0 fully saturated rings. The van der Waals surface area contributed by atoms with Gasteiger partial charge in [0.15, 0.2) is 0 Å². The third-order valence-electron chi connectivity index (χ3n) is 2.02. The molecular formula is C10H15F3N2. The minimum Gasteiger partial charge on any atom is -0.296 e. The number of alkyl halides is 3. The zero-order chi connectivity index (χ0) is 11.9. The summed E-state index contributed by atoms with van der Waals surface area (Å²) in [7, 11) is 0. The highest BCUT2D eigenvalue weighted by molar-refractivity contribution is 5.04. The lowest BCUT2D eigenvalue weighted by atomic mass is 9.96. The van der Waals surface area contributed by atoms with Crippen molar-refractivity contribution < 1.29 is 13.2 Å². The van der Waals surface area contributed by atoms with Gasteiger partial charge in [-0.1, -0.05) is 6.08 Å². The van der Waals surface area contributed by atoms with Crippen molar-refractivity contribution in [1.29, 1.82) is 5.26 Å². The van der Waals surface area contributed by atoms with Crippen LogP contribution in [0.1, 0.15) is 26.2 Å². The van der Waals surface area contributed by atoms with Gasteiger partial charge >= 0.3 is 6.18 Å². The average molecular weight is 220 g/mol. The predicted octanol–water partition coefficient (Wildman–Crippen LogP) is 2.78. The van der Waals surface area contributed by atoms with Gasteiger partial charge in [-0.3, -0.25) is 5.32 Å². The lowest BCUT2D eigenvalue weighted by Crippen LogP contribution is -2.41. The molecule has 0 rings (SSSR count). The normalized spacial score (nSPS) is 15.4. The quantitative estimate of drug-likeness (QED) is 0.698. The van der Waals surface area contributed by atoms with E-state index in [1.54, 1.807) is 13.0 Å². The smallest absolute Gasteiger partial charge is 0.296 e. The summed E-state index contributed by atoms with van der Waals surface area (Å²) < 4.78 is 35.6. The minimum absolute atomic E-state index is 0.0439. The molecule has 0 spiro atoms. The fourth-order valence-corrected chi connectivity index (χ4v) is 1.12. The van der Waals surface area contributed by atoms with E-state index in [2.05, 4.69) is 11.9 Å². The third-order valence-corrected chi connectivity index (χ3v) is 2.02. The zero-order valence-corrected chi connectivity index (χ0v) is 8.69. The van der Waals surface area contributed by atoms with Gasteiger partial charge in [0.1, 0.15) is 5.54 Å². The fourth-order valence-electron chi connectivity index (χ4n) is 1.12. The summed E-state index contributed by atoms with van der Waals surface area (Å²) in [6.07, 6.45) is -3.29. The largest absolute Gasteiger partial charge is 0.389 e. The van der Waals surface area contributed by atoms with Gasteiger partial charge in [0.2, 0.25) is 0 Å². The number of nitrogens with zero attached hydrogens (tertiary/aromatic N) is 1. The van der Waals surface area contributed by atoms with E-state index in [4.69, 9.17) is 5.26 Å². The van der Waals surface area contributed by atoms with Gasteiger partial charge in [-0.25, -0.2) is 0 Å². The monoisotopic (exact) mass is 220 g/mol. The lowest BCUT2D eigenvalue weighted by Gasteiger charge is -2.22. The summed E-state index contributed by atoms with van der Waals surface area (Å²) in [4.78, 5) is 0. The number of nitrogens with one attached hydrogen (secondary N) is 1. The molecule has 0 aromatic heterocycles. The molecule has 1 unspecified atom stereocenters. The zero-order valence-electron chi connectivity index (χ0n) is 8.69. The Hall–Kier alpha value is -1.02. The number of hydrogen-bond donors (Lipinski definition) is 1. The molecule has 0 aliphatic carbocycles. The Labute approximate surface area is 87.8 Å². The maximum Gasteiger partial charge on any atom is 0.389 e. The van der Waals surface area contributed by atoms with Crippen molar-refractivity contribution in [1.82, 2.24) is 5.32 Å². The van der Waals surface area contributed by atoms with Crippen LogP contribution in [0.2, 0.25) is 0 Å².